The Morgan fingerprint density at radius 2 is 2.24 bits per heavy atom. The maximum atomic E-state index is 6.04. The van der Waals surface area contributed by atoms with Gasteiger partial charge in [-0.25, -0.2) is 0 Å². The summed E-state index contributed by atoms with van der Waals surface area (Å²) in [6.45, 7) is 3.15. The van der Waals surface area contributed by atoms with Crippen LogP contribution in [-0.4, -0.2) is 32.8 Å². The number of hydrogen-bond donors (Lipinski definition) is 2. The van der Waals surface area contributed by atoms with Crippen LogP contribution in [0.1, 0.15) is 13.3 Å². The molecule has 2 rings (SSSR count). The van der Waals surface area contributed by atoms with Crippen LogP contribution in [0.15, 0.2) is 18.2 Å². The zero-order valence-electron chi connectivity index (χ0n) is 10.7. The molecule has 17 heavy (non-hydrogen) atoms. The highest BCUT2D eigenvalue weighted by atomic mass is 16.5. The minimum atomic E-state index is 0.210. The number of anilines is 2. The highest BCUT2D eigenvalue weighted by Crippen LogP contribution is 2.37. The van der Waals surface area contributed by atoms with Gasteiger partial charge in [0.1, 0.15) is 11.9 Å². The first-order valence-electron chi connectivity index (χ1n) is 6.07. The largest absolute Gasteiger partial charge is 0.486 e. The van der Waals surface area contributed by atoms with Crippen molar-refractivity contribution < 1.29 is 4.74 Å². The number of nitrogen functional groups attached to an aromatic ring is 1. The number of hydrogen-bond acceptors (Lipinski definition) is 4. The predicted molar refractivity (Wildman–Crippen MR) is 71.7 cm³/mol. The molecule has 0 spiro atoms. The molecule has 0 bridgehead atoms. The second-order valence-electron chi connectivity index (χ2n) is 4.63. The lowest BCUT2D eigenvalue weighted by molar-refractivity contribution is 0.152. The Bertz CT molecular complexity index is 394. The fourth-order valence-electron chi connectivity index (χ4n) is 2.23. The van der Waals surface area contributed by atoms with Crippen LogP contribution < -0.4 is 20.7 Å². The average molecular weight is 235 g/mol. The molecule has 0 radical (unpaired) electrons. The van der Waals surface area contributed by atoms with Crippen LogP contribution in [-0.2, 0) is 0 Å². The van der Waals surface area contributed by atoms with Gasteiger partial charge in [-0.3, -0.25) is 0 Å². The first-order valence-corrected chi connectivity index (χ1v) is 6.07. The van der Waals surface area contributed by atoms with Gasteiger partial charge in [-0.05, 0) is 39.1 Å². The molecule has 0 aromatic heterocycles. The van der Waals surface area contributed by atoms with Crippen LogP contribution in [0.2, 0.25) is 0 Å². The lowest BCUT2D eigenvalue weighted by Crippen LogP contribution is -2.46. The van der Waals surface area contributed by atoms with E-state index in [1.165, 1.54) is 0 Å². The maximum Gasteiger partial charge on any atom is 0.145 e. The Kier molecular flexibility index (Phi) is 3.43. The number of nitrogens with zero attached hydrogens (tertiary/aromatic N) is 1. The molecule has 1 aliphatic heterocycles. The molecule has 1 heterocycles. The van der Waals surface area contributed by atoms with Gasteiger partial charge in [0.25, 0.3) is 0 Å². The van der Waals surface area contributed by atoms with Gasteiger partial charge in [-0.1, -0.05) is 0 Å². The normalized spacial score (nSPS) is 23.1. The molecule has 1 aromatic carbocycles. The van der Waals surface area contributed by atoms with Crippen LogP contribution in [0.4, 0.5) is 11.4 Å². The van der Waals surface area contributed by atoms with Crippen LogP contribution in [0.5, 0.6) is 5.75 Å². The van der Waals surface area contributed by atoms with Gasteiger partial charge < -0.3 is 20.7 Å². The van der Waals surface area contributed by atoms with Gasteiger partial charge in [0.05, 0.1) is 11.7 Å². The van der Waals surface area contributed by atoms with E-state index in [2.05, 4.69) is 24.2 Å². The standard InChI is InChI=1S/C13H21N3O/c1-9-12(6-7-15-2)17-13-8-10(14)4-5-11(13)16(9)3/h4-5,8-9,12,15H,6-7,14H2,1-3H3. The molecule has 94 valence electrons. The number of nitrogens with two attached hydrogens (primary N) is 1. The van der Waals surface area contributed by atoms with Crippen molar-refractivity contribution in [2.75, 3.05) is 31.3 Å². The lowest BCUT2D eigenvalue weighted by atomic mass is 10.0. The van der Waals surface area contributed by atoms with E-state index in [-0.39, 0.29) is 6.10 Å². The summed E-state index contributed by atoms with van der Waals surface area (Å²) < 4.78 is 6.04. The third kappa shape index (κ3) is 2.31. The molecule has 2 atom stereocenters. The molecule has 0 aliphatic carbocycles. The predicted octanol–water partition coefficient (Wildman–Crippen LogP) is 1.46. The van der Waals surface area contributed by atoms with E-state index in [1.807, 2.05) is 25.2 Å². The Morgan fingerprint density at radius 3 is 2.94 bits per heavy atom. The summed E-state index contributed by atoms with van der Waals surface area (Å²) in [4.78, 5) is 2.26. The summed E-state index contributed by atoms with van der Waals surface area (Å²) in [6.07, 6.45) is 1.21. The molecule has 0 saturated carbocycles. The van der Waals surface area contributed by atoms with Crippen molar-refractivity contribution in [1.82, 2.24) is 5.32 Å². The molecule has 2 unspecified atom stereocenters. The minimum absolute atomic E-state index is 0.210. The van der Waals surface area contributed by atoms with Crippen LogP contribution in [0.3, 0.4) is 0 Å². The second kappa shape index (κ2) is 4.84. The molecule has 3 N–H and O–H groups in total. The number of rotatable bonds is 3. The summed E-state index contributed by atoms with van der Waals surface area (Å²) >= 11 is 0. The first kappa shape index (κ1) is 12.0. The summed E-state index contributed by atoms with van der Waals surface area (Å²) in [5, 5.41) is 3.16. The third-order valence-electron chi connectivity index (χ3n) is 3.47. The fourth-order valence-corrected chi connectivity index (χ4v) is 2.23. The molecule has 1 aromatic rings. The lowest BCUT2D eigenvalue weighted by Gasteiger charge is -2.40. The summed E-state index contributed by atoms with van der Waals surface area (Å²) in [5.74, 6) is 0.895. The molecule has 1 aliphatic rings. The number of likely N-dealkylation sites (N-methyl/N-ethyl adjacent to an activating group) is 1. The van der Waals surface area contributed by atoms with E-state index >= 15 is 0 Å². The molecule has 0 fully saturated rings. The number of benzene rings is 1. The summed E-state index contributed by atoms with van der Waals surface area (Å²) in [7, 11) is 4.07. The fraction of sp³-hybridized carbons (Fsp3) is 0.538. The van der Waals surface area contributed by atoms with Crippen molar-refractivity contribution in [2.24, 2.45) is 0 Å². The zero-order chi connectivity index (χ0) is 12.4. The minimum Gasteiger partial charge on any atom is -0.486 e. The van der Waals surface area contributed by atoms with E-state index in [0.717, 1.165) is 30.1 Å². The van der Waals surface area contributed by atoms with Crippen molar-refractivity contribution in [2.45, 2.75) is 25.5 Å². The SMILES string of the molecule is CNCCC1Oc2cc(N)ccc2N(C)C1C. The summed E-state index contributed by atoms with van der Waals surface area (Å²) in [5.41, 5.74) is 7.66. The zero-order valence-corrected chi connectivity index (χ0v) is 10.7. The summed E-state index contributed by atoms with van der Waals surface area (Å²) in [6, 6.07) is 6.22. The number of ether oxygens (including phenoxy) is 1. The average Bonchev–Trinajstić information content (AvgIpc) is 2.31. The Balaban J connectivity index is 2.23. The first-order chi connectivity index (χ1) is 8.13. The van der Waals surface area contributed by atoms with Gasteiger partial charge in [0.15, 0.2) is 0 Å². The Hall–Kier alpha value is -1.42. The van der Waals surface area contributed by atoms with Gasteiger partial charge >= 0.3 is 0 Å². The van der Waals surface area contributed by atoms with Gasteiger partial charge in [-0.2, -0.15) is 0 Å². The smallest absolute Gasteiger partial charge is 0.145 e. The van der Waals surface area contributed by atoms with Crippen LogP contribution >= 0.6 is 0 Å². The third-order valence-corrected chi connectivity index (χ3v) is 3.47. The molecule has 4 heteroatoms. The van der Waals surface area contributed by atoms with Crippen molar-refractivity contribution >= 4 is 11.4 Å². The monoisotopic (exact) mass is 235 g/mol. The van der Waals surface area contributed by atoms with E-state index < -0.39 is 0 Å². The van der Waals surface area contributed by atoms with E-state index in [0.29, 0.717) is 6.04 Å². The molecule has 0 saturated heterocycles. The van der Waals surface area contributed by atoms with Crippen LogP contribution in [0, 0.1) is 0 Å². The molecular formula is C13H21N3O. The van der Waals surface area contributed by atoms with E-state index in [9.17, 15) is 0 Å². The topological polar surface area (TPSA) is 50.5 Å². The second-order valence-corrected chi connectivity index (χ2v) is 4.63. The highest BCUT2D eigenvalue weighted by Gasteiger charge is 2.30. The quantitative estimate of drug-likeness (QED) is 0.779. The molecule has 4 nitrogen and oxygen atoms in total. The van der Waals surface area contributed by atoms with Crippen molar-refractivity contribution in [3.05, 3.63) is 18.2 Å². The Morgan fingerprint density at radius 1 is 1.47 bits per heavy atom. The van der Waals surface area contributed by atoms with Crippen molar-refractivity contribution in [3.8, 4) is 5.75 Å². The van der Waals surface area contributed by atoms with Crippen molar-refractivity contribution in [1.29, 1.82) is 0 Å². The maximum absolute atomic E-state index is 6.04. The van der Waals surface area contributed by atoms with Crippen LogP contribution in [0.25, 0.3) is 0 Å². The van der Waals surface area contributed by atoms with E-state index in [1.54, 1.807) is 0 Å². The van der Waals surface area contributed by atoms with Gasteiger partial charge in [-0.15, -0.1) is 0 Å². The van der Waals surface area contributed by atoms with Gasteiger partial charge in [0, 0.05) is 18.8 Å². The van der Waals surface area contributed by atoms with E-state index in [4.69, 9.17) is 10.5 Å². The molecule has 0 amide bonds. The van der Waals surface area contributed by atoms with Crippen molar-refractivity contribution in [3.63, 3.8) is 0 Å². The van der Waals surface area contributed by atoms with Gasteiger partial charge in [0.2, 0.25) is 0 Å². The number of nitrogens with one attached hydrogen (secondary N) is 1. The Labute approximate surface area is 103 Å². The molecular weight excluding hydrogens is 214 g/mol. The highest BCUT2D eigenvalue weighted by molar-refractivity contribution is 5.65. The number of fused-ring (bicyclic) bond motifs is 1.